The number of benzene rings is 1. The smallest absolute Gasteiger partial charge is 0.184 e. The molecule has 2 aromatic heterocycles. The number of hydrazine groups is 1. The van der Waals surface area contributed by atoms with E-state index in [1.54, 1.807) is 18.5 Å². The van der Waals surface area contributed by atoms with Gasteiger partial charge in [-0.3, -0.25) is 10.1 Å². The number of hydrogen-bond acceptors (Lipinski definition) is 6. The fourth-order valence-electron chi connectivity index (χ4n) is 2.42. The van der Waals surface area contributed by atoms with Crippen LogP contribution in [0.4, 0.5) is 20.3 Å². The number of nitrogen functional groups attached to an aromatic ring is 1. The second-order valence-electron chi connectivity index (χ2n) is 5.50. The number of nitrogens with one attached hydrogen (secondary N) is 1. The Labute approximate surface area is 147 Å². The third-order valence-electron chi connectivity index (χ3n) is 3.86. The van der Waals surface area contributed by atoms with Gasteiger partial charge in [0, 0.05) is 23.5 Å². The van der Waals surface area contributed by atoms with E-state index in [1.807, 2.05) is 0 Å². The minimum Gasteiger partial charge on any atom is -0.383 e. The maximum Gasteiger partial charge on any atom is 0.184 e. The highest BCUT2D eigenvalue weighted by molar-refractivity contribution is 6.12. The van der Waals surface area contributed by atoms with Crippen LogP contribution in [-0.4, -0.2) is 21.0 Å². The van der Waals surface area contributed by atoms with Crippen LogP contribution in [0.25, 0.3) is 11.1 Å². The average molecular weight is 358 g/mol. The van der Waals surface area contributed by atoms with Crippen LogP contribution < -0.4 is 22.4 Å². The first-order chi connectivity index (χ1) is 12.4. The van der Waals surface area contributed by atoms with E-state index in [0.29, 0.717) is 5.56 Å². The fourth-order valence-corrected chi connectivity index (χ4v) is 2.42. The van der Waals surface area contributed by atoms with E-state index in [1.165, 1.54) is 25.3 Å². The average Bonchev–Trinajstić information content (AvgIpc) is 3.16. The van der Waals surface area contributed by atoms with Crippen molar-refractivity contribution in [2.45, 2.75) is 6.92 Å². The summed E-state index contributed by atoms with van der Waals surface area (Å²) >= 11 is 0. The predicted molar refractivity (Wildman–Crippen MR) is 94.7 cm³/mol. The number of aromatic amines is 1. The SMILES string of the molecule is Cc1ccc(N(N)/C(=N\N)c2cc(-c3cn[nH]c3)cnc2N)c(F)c1F. The number of hydrazone groups is 1. The molecule has 2 heterocycles. The Bertz CT molecular complexity index is 969. The highest BCUT2D eigenvalue weighted by Crippen LogP contribution is 2.26. The molecule has 0 aliphatic heterocycles. The number of aromatic nitrogens is 3. The molecule has 0 radical (unpaired) electrons. The predicted octanol–water partition coefficient (Wildman–Crippen LogP) is 1.64. The van der Waals surface area contributed by atoms with Gasteiger partial charge in [0.25, 0.3) is 0 Å². The van der Waals surface area contributed by atoms with Crippen molar-refractivity contribution >= 4 is 17.3 Å². The van der Waals surface area contributed by atoms with Crippen LogP contribution in [0.15, 0.2) is 41.9 Å². The summed E-state index contributed by atoms with van der Waals surface area (Å²) in [4.78, 5) is 4.08. The second-order valence-corrected chi connectivity index (χ2v) is 5.50. The summed E-state index contributed by atoms with van der Waals surface area (Å²) in [7, 11) is 0. The van der Waals surface area contributed by atoms with Gasteiger partial charge in [0.05, 0.1) is 17.4 Å². The van der Waals surface area contributed by atoms with Crippen molar-refractivity contribution < 1.29 is 8.78 Å². The first-order valence-corrected chi connectivity index (χ1v) is 7.46. The third kappa shape index (κ3) is 2.93. The van der Waals surface area contributed by atoms with Gasteiger partial charge in [-0.2, -0.15) is 10.2 Å². The van der Waals surface area contributed by atoms with Crippen LogP contribution in [0, 0.1) is 18.6 Å². The number of H-pyrrole nitrogens is 1. The Morgan fingerprint density at radius 1 is 1.19 bits per heavy atom. The van der Waals surface area contributed by atoms with Crippen molar-refractivity contribution in [2.24, 2.45) is 16.8 Å². The number of amidine groups is 1. The maximum absolute atomic E-state index is 14.3. The molecule has 0 fully saturated rings. The zero-order valence-electron chi connectivity index (χ0n) is 13.7. The van der Waals surface area contributed by atoms with E-state index in [2.05, 4.69) is 20.3 Å². The van der Waals surface area contributed by atoms with Crippen molar-refractivity contribution in [3.05, 3.63) is 59.6 Å². The molecule has 3 aromatic rings. The van der Waals surface area contributed by atoms with Gasteiger partial charge in [0.2, 0.25) is 0 Å². The van der Waals surface area contributed by atoms with Crippen molar-refractivity contribution in [3.8, 4) is 11.1 Å². The molecule has 0 aliphatic carbocycles. The number of hydrogen-bond donors (Lipinski definition) is 4. The molecular weight excluding hydrogens is 342 g/mol. The summed E-state index contributed by atoms with van der Waals surface area (Å²) in [6.45, 7) is 1.44. The molecule has 3 rings (SSSR count). The second kappa shape index (κ2) is 6.76. The topological polar surface area (TPSA) is 135 Å². The lowest BCUT2D eigenvalue weighted by molar-refractivity contribution is 0.503. The highest BCUT2D eigenvalue weighted by atomic mass is 19.2. The lowest BCUT2D eigenvalue weighted by Crippen LogP contribution is -2.40. The fraction of sp³-hybridized carbons (Fsp3) is 0.0625. The minimum absolute atomic E-state index is 0.0740. The Balaban J connectivity index is 2.07. The molecule has 7 N–H and O–H groups in total. The van der Waals surface area contributed by atoms with Crippen molar-refractivity contribution in [1.82, 2.24) is 15.2 Å². The van der Waals surface area contributed by atoms with Crippen LogP contribution in [0.1, 0.15) is 11.1 Å². The molecule has 1 aromatic carbocycles. The lowest BCUT2D eigenvalue weighted by Gasteiger charge is -2.22. The maximum atomic E-state index is 14.3. The molecule has 0 saturated heterocycles. The Kier molecular flexibility index (Phi) is 4.50. The van der Waals surface area contributed by atoms with Gasteiger partial charge in [-0.05, 0) is 24.6 Å². The molecule has 0 saturated carbocycles. The first-order valence-electron chi connectivity index (χ1n) is 7.46. The first kappa shape index (κ1) is 17.3. The van der Waals surface area contributed by atoms with Gasteiger partial charge < -0.3 is 11.6 Å². The highest BCUT2D eigenvalue weighted by Gasteiger charge is 2.22. The molecule has 134 valence electrons. The van der Waals surface area contributed by atoms with Crippen LogP contribution in [0.2, 0.25) is 0 Å². The summed E-state index contributed by atoms with van der Waals surface area (Å²) < 4.78 is 28.2. The molecule has 0 unspecified atom stereocenters. The summed E-state index contributed by atoms with van der Waals surface area (Å²) in [6.07, 6.45) is 4.78. The summed E-state index contributed by atoms with van der Waals surface area (Å²) in [5, 5.41) is 11.0. The van der Waals surface area contributed by atoms with E-state index in [0.717, 1.165) is 10.6 Å². The number of nitrogens with zero attached hydrogens (tertiary/aromatic N) is 4. The number of anilines is 2. The van der Waals surface area contributed by atoms with Crippen LogP contribution in [0.5, 0.6) is 0 Å². The Morgan fingerprint density at radius 2 is 1.96 bits per heavy atom. The monoisotopic (exact) mass is 358 g/mol. The van der Waals surface area contributed by atoms with Crippen molar-refractivity contribution in [2.75, 3.05) is 10.7 Å². The Morgan fingerprint density at radius 3 is 2.62 bits per heavy atom. The number of halogens is 2. The summed E-state index contributed by atoms with van der Waals surface area (Å²) in [5.74, 6) is 9.27. The largest absolute Gasteiger partial charge is 0.383 e. The molecule has 0 spiro atoms. The van der Waals surface area contributed by atoms with E-state index in [9.17, 15) is 8.78 Å². The van der Waals surface area contributed by atoms with Crippen LogP contribution in [-0.2, 0) is 0 Å². The normalized spacial score (nSPS) is 11.6. The van der Waals surface area contributed by atoms with E-state index >= 15 is 0 Å². The molecule has 0 bridgehead atoms. The molecule has 26 heavy (non-hydrogen) atoms. The Hall–Kier alpha value is -3.53. The number of nitrogens with two attached hydrogens (primary N) is 3. The number of pyridine rings is 1. The zero-order valence-corrected chi connectivity index (χ0v) is 13.7. The van der Waals surface area contributed by atoms with Crippen molar-refractivity contribution in [3.63, 3.8) is 0 Å². The van der Waals surface area contributed by atoms with E-state index < -0.39 is 11.6 Å². The van der Waals surface area contributed by atoms with Crippen LogP contribution in [0.3, 0.4) is 0 Å². The summed E-state index contributed by atoms with van der Waals surface area (Å²) in [5.41, 5.74) is 7.47. The number of rotatable bonds is 3. The van der Waals surface area contributed by atoms with Crippen molar-refractivity contribution in [1.29, 1.82) is 0 Å². The molecule has 10 heteroatoms. The molecule has 0 amide bonds. The van der Waals surface area contributed by atoms with E-state index in [4.69, 9.17) is 17.4 Å². The van der Waals surface area contributed by atoms with Gasteiger partial charge in [-0.15, -0.1) is 0 Å². The standard InChI is InChI=1S/C16H16F2N8/c1-8-2-3-12(14(18)13(8)17)26(21)16(25-20)11-4-9(5-22-15(11)19)10-6-23-24-7-10/h2-7H,20-21H2,1H3,(H2,19,22)(H,23,24)/b25-16-. The molecular formula is C16H16F2N8. The molecule has 0 aliphatic rings. The third-order valence-corrected chi connectivity index (χ3v) is 3.86. The van der Waals surface area contributed by atoms with E-state index in [-0.39, 0.29) is 28.5 Å². The minimum atomic E-state index is -1.12. The van der Waals surface area contributed by atoms with Gasteiger partial charge in [0.15, 0.2) is 17.5 Å². The van der Waals surface area contributed by atoms with Crippen LogP contribution >= 0.6 is 0 Å². The summed E-state index contributed by atoms with van der Waals surface area (Å²) in [6, 6.07) is 4.34. The number of aryl methyl sites for hydroxylation is 1. The molecule has 8 nitrogen and oxygen atoms in total. The zero-order chi connectivity index (χ0) is 18.8. The van der Waals surface area contributed by atoms with Gasteiger partial charge in [-0.25, -0.2) is 19.6 Å². The lowest BCUT2D eigenvalue weighted by atomic mass is 10.1. The van der Waals surface area contributed by atoms with Gasteiger partial charge in [0.1, 0.15) is 5.82 Å². The quantitative estimate of drug-likeness (QED) is 0.243. The van der Waals surface area contributed by atoms with Gasteiger partial charge in [-0.1, -0.05) is 6.07 Å². The van der Waals surface area contributed by atoms with Gasteiger partial charge >= 0.3 is 0 Å². The molecule has 0 atom stereocenters.